The summed E-state index contributed by atoms with van der Waals surface area (Å²) in [4.78, 5) is 2.51. The van der Waals surface area contributed by atoms with Gasteiger partial charge in [0, 0.05) is 33.2 Å². The zero-order valence-corrected chi connectivity index (χ0v) is 36.0. The van der Waals surface area contributed by atoms with E-state index >= 15 is 0 Å². The topological polar surface area (TPSA) is 3.24 Å². The van der Waals surface area contributed by atoms with Gasteiger partial charge in [-0.15, -0.1) is 0 Å². The fourth-order valence-electron chi connectivity index (χ4n) is 11.5. The fraction of sp³-hybridized carbons (Fsp3) is 0.186. The summed E-state index contributed by atoms with van der Waals surface area (Å²) in [5.41, 5.74) is 27.5. The Kier molecular flexibility index (Phi) is 7.80. The van der Waals surface area contributed by atoms with Crippen molar-refractivity contribution in [3.05, 3.63) is 208 Å². The van der Waals surface area contributed by atoms with Crippen LogP contribution in [-0.4, -0.2) is 0 Å². The Balaban J connectivity index is 1.06. The van der Waals surface area contributed by atoms with E-state index in [9.17, 15) is 0 Å². The predicted octanol–water partition coefficient (Wildman–Crippen LogP) is 16.0. The molecule has 3 aliphatic rings. The van der Waals surface area contributed by atoms with E-state index in [0.717, 1.165) is 5.69 Å². The number of benzene rings is 8. The van der Waals surface area contributed by atoms with Gasteiger partial charge in [-0.05, 0) is 145 Å². The molecule has 0 spiro atoms. The van der Waals surface area contributed by atoms with E-state index in [2.05, 4.69) is 224 Å². The molecule has 3 aliphatic carbocycles. The summed E-state index contributed by atoms with van der Waals surface area (Å²) in [6.45, 7) is 18.9. The van der Waals surface area contributed by atoms with Gasteiger partial charge in [0.2, 0.25) is 0 Å². The van der Waals surface area contributed by atoms with Crippen molar-refractivity contribution in [1.29, 1.82) is 0 Å². The number of hydrogen-bond acceptors (Lipinski definition) is 1. The summed E-state index contributed by atoms with van der Waals surface area (Å²) in [7, 11) is 0. The maximum absolute atomic E-state index is 2.51. The Morgan fingerprint density at radius 1 is 0.333 bits per heavy atom. The van der Waals surface area contributed by atoms with Crippen molar-refractivity contribution in [1.82, 2.24) is 0 Å². The van der Waals surface area contributed by atoms with Crippen LogP contribution < -0.4 is 4.90 Å². The van der Waals surface area contributed by atoms with Crippen LogP contribution >= 0.6 is 0 Å². The van der Waals surface area contributed by atoms with Gasteiger partial charge in [0.25, 0.3) is 0 Å². The summed E-state index contributed by atoms with van der Waals surface area (Å²) < 4.78 is 0. The van der Waals surface area contributed by atoms with E-state index in [1.165, 1.54) is 112 Å². The summed E-state index contributed by atoms with van der Waals surface area (Å²) in [5, 5.41) is 0. The maximum Gasteiger partial charge on any atom is 0.0543 e. The highest BCUT2D eigenvalue weighted by atomic mass is 15.1. The minimum atomic E-state index is -0.214. The minimum Gasteiger partial charge on any atom is -0.310 e. The lowest BCUT2D eigenvalue weighted by Crippen LogP contribution is -2.17. The molecule has 1 nitrogen and oxygen atoms in total. The van der Waals surface area contributed by atoms with Crippen molar-refractivity contribution < 1.29 is 0 Å². The largest absolute Gasteiger partial charge is 0.310 e. The molecule has 0 N–H and O–H groups in total. The summed E-state index contributed by atoms with van der Waals surface area (Å²) in [5.74, 6) is 0. The van der Waals surface area contributed by atoms with E-state index in [0.29, 0.717) is 0 Å². The van der Waals surface area contributed by atoms with Gasteiger partial charge in [-0.1, -0.05) is 169 Å². The number of rotatable bonds is 5. The van der Waals surface area contributed by atoms with Gasteiger partial charge in [-0.2, -0.15) is 0 Å². The molecule has 0 saturated carbocycles. The van der Waals surface area contributed by atoms with Crippen LogP contribution in [0.3, 0.4) is 0 Å². The average molecular weight is 774 g/mol. The lowest BCUT2D eigenvalue weighted by Gasteiger charge is -2.30. The molecule has 0 radical (unpaired) electrons. The van der Waals surface area contributed by atoms with Crippen LogP contribution in [0.15, 0.2) is 164 Å². The van der Waals surface area contributed by atoms with Gasteiger partial charge in [-0.3, -0.25) is 0 Å². The number of fused-ring (bicyclic) bond motifs is 9. The number of hydrogen-bond donors (Lipinski definition) is 0. The summed E-state index contributed by atoms with van der Waals surface area (Å²) in [6, 6.07) is 61.8. The Morgan fingerprint density at radius 3 is 1.65 bits per heavy atom. The number of aryl methyl sites for hydroxylation is 2. The van der Waals surface area contributed by atoms with Gasteiger partial charge in [0.1, 0.15) is 0 Å². The smallest absolute Gasteiger partial charge is 0.0543 e. The van der Waals surface area contributed by atoms with Crippen molar-refractivity contribution >= 4 is 17.1 Å². The SMILES string of the molecule is Cc1ccc(C)c2c1-c1c(-c3ccc4c(c3)C(C)(C)c3cc(N(c5ccc(-c6ccccc6)cc5)c5cccc6c5-c5ccccc5C6(C)C)ccc3-4)cccc1C2(C)C. The van der Waals surface area contributed by atoms with Gasteiger partial charge in [-0.25, -0.2) is 0 Å². The molecular weight excluding hydrogens is 723 g/mol. The second kappa shape index (κ2) is 12.8. The average Bonchev–Trinajstić information content (AvgIpc) is 3.76. The van der Waals surface area contributed by atoms with Crippen LogP contribution in [-0.2, 0) is 16.2 Å². The quantitative estimate of drug-likeness (QED) is 0.168. The second-order valence-corrected chi connectivity index (χ2v) is 19.0. The summed E-state index contributed by atoms with van der Waals surface area (Å²) >= 11 is 0. The highest BCUT2D eigenvalue weighted by molar-refractivity contribution is 5.98. The van der Waals surface area contributed by atoms with E-state index in [1.807, 2.05) is 0 Å². The molecule has 0 unspecified atom stereocenters. The highest BCUT2D eigenvalue weighted by Crippen LogP contribution is 2.58. The first-order valence-electron chi connectivity index (χ1n) is 21.6. The zero-order valence-electron chi connectivity index (χ0n) is 36.0. The molecule has 8 aromatic rings. The lowest BCUT2D eigenvalue weighted by atomic mass is 9.79. The molecule has 8 aromatic carbocycles. The van der Waals surface area contributed by atoms with Gasteiger partial charge < -0.3 is 4.90 Å². The molecule has 0 aromatic heterocycles. The van der Waals surface area contributed by atoms with Crippen LogP contribution in [0.25, 0.3) is 55.6 Å². The van der Waals surface area contributed by atoms with Gasteiger partial charge in [0.05, 0.1) is 5.69 Å². The Hall–Kier alpha value is -6.44. The molecular formula is C59H51N. The van der Waals surface area contributed by atoms with Crippen molar-refractivity contribution in [2.24, 2.45) is 0 Å². The van der Waals surface area contributed by atoms with Crippen LogP contribution in [0.4, 0.5) is 17.1 Å². The predicted molar refractivity (Wildman–Crippen MR) is 254 cm³/mol. The van der Waals surface area contributed by atoms with Crippen molar-refractivity contribution in [3.8, 4) is 55.6 Å². The number of nitrogens with zero attached hydrogens (tertiary/aromatic N) is 1. The summed E-state index contributed by atoms with van der Waals surface area (Å²) in [6.07, 6.45) is 0. The monoisotopic (exact) mass is 773 g/mol. The van der Waals surface area contributed by atoms with Crippen LogP contribution in [0.1, 0.15) is 86.1 Å². The van der Waals surface area contributed by atoms with E-state index in [4.69, 9.17) is 0 Å². The van der Waals surface area contributed by atoms with Crippen molar-refractivity contribution in [2.75, 3.05) is 4.90 Å². The third kappa shape index (κ3) is 5.05. The molecule has 0 heterocycles. The molecule has 1 heteroatoms. The standard InChI is InChI=1S/C59H51N/c1-36-24-25-37(2)56-53(36)55-43(19-14-21-49(55)59(56,7)8)40-28-32-44-45-33-31-42(35-51(45)58(5,6)50(44)34-40)60(41-29-26-39(27-30-41)38-16-10-9-11-17-38)52-23-15-22-48-54(52)46-18-12-13-20-47(46)57(48,3)4/h9-35H,1-8H3. The minimum absolute atomic E-state index is 0.0517. The molecule has 60 heavy (non-hydrogen) atoms. The third-order valence-corrected chi connectivity index (χ3v) is 14.5. The van der Waals surface area contributed by atoms with E-state index in [-0.39, 0.29) is 16.2 Å². The third-order valence-electron chi connectivity index (χ3n) is 14.5. The molecule has 0 saturated heterocycles. The van der Waals surface area contributed by atoms with Crippen molar-refractivity contribution in [2.45, 2.75) is 71.6 Å². The first kappa shape index (κ1) is 36.6. The normalized spacial score (nSPS) is 15.4. The molecule has 0 aliphatic heterocycles. The Morgan fingerprint density at radius 2 is 0.883 bits per heavy atom. The van der Waals surface area contributed by atoms with Crippen LogP contribution in [0.2, 0.25) is 0 Å². The Labute approximate surface area is 356 Å². The molecule has 0 amide bonds. The zero-order chi connectivity index (χ0) is 41.3. The molecule has 0 atom stereocenters. The van der Waals surface area contributed by atoms with Crippen LogP contribution in [0.5, 0.6) is 0 Å². The van der Waals surface area contributed by atoms with Gasteiger partial charge in [0.15, 0.2) is 0 Å². The first-order valence-corrected chi connectivity index (χ1v) is 21.6. The highest BCUT2D eigenvalue weighted by Gasteiger charge is 2.41. The molecule has 292 valence electrons. The maximum atomic E-state index is 2.51. The van der Waals surface area contributed by atoms with E-state index < -0.39 is 0 Å². The van der Waals surface area contributed by atoms with Crippen molar-refractivity contribution in [3.63, 3.8) is 0 Å². The molecule has 0 fully saturated rings. The van der Waals surface area contributed by atoms with E-state index in [1.54, 1.807) is 0 Å². The first-order chi connectivity index (χ1) is 28.9. The number of anilines is 3. The van der Waals surface area contributed by atoms with Gasteiger partial charge >= 0.3 is 0 Å². The second-order valence-electron chi connectivity index (χ2n) is 19.0. The Bertz CT molecular complexity index is 3070. The molecule has 11 rings (SSSR count). The fourth-order valence-corrected chi connectivity index (χ4v) is 11.5. The lowest BCUT2D eigenvalue weighted by molar-refractivity contribution is 0.655. The van der Waals surface area contributed by atoms with Crippen LogP contribution in [0, 0.1) is 13.8 Å². The molecule has 0 bridgehead atoms.